The molecule has 1 saturated carbocycles. The number of hydrazone groups is 1. The summed E-state index contributed by atoms with van der Waals surface area (Å²) in [6.07, 6.45) is 1.81. The Labute approximate surface area is 102 Å². The van der Waals surface area contributed by atoms with Crippen LogP contribution in [0, 0.1) is 5.92 Å². The Bertz CT molecular complexity index is 425. The van der Waals surface area contributed by atoms with E-state index in [2.05, 4.69) is 22.7 Å². The molecular formula is C14H18N2O. The molecule has 1 N–H and O–H groups in total. The Morgan fingerprint density at radius 3 is 2.76 bits per heavy atom. The van der Waals surface area contributed by atoms with Gasteiger partial charge >= 0.3 is 0 Å². The van der Waals surface area contributed by atoms with E-state index in [4.69, 9.17) is 0 Å². The van der Waals surface area contributed by atoms with Gasteiger partial charge in [0.25, 0.3) is 0 Å². The maximum atomic E-state index is 11.8. The van der Waals surface area contributed by atoms with Crippen molar-refractivity contribution in [2.24, 2.45) is 11.0 Å². The zero-order chi connectivity index (χ0) is 12.3. The summed E-state index contributed by atoms with van der Waals surface area (Å²) in [6.45, 7) is 3.94. The predicted octanol–water partition coefficient (Wildman–Crippen LogP) is 2.69. The largest absolute Gasteiger partial charge is 0.273 e. The van der Waals surface area contributed by atoms with Crippen LogP contribution in [0.2, 0.25) is 0 Å². The van der Waals surface area contributed by atoms with Crippen LogP contribution < -0.4 is 5.43 Å². The molecule has 0 spiro atoms. The van der Waals surface area contributed by atoms with E-state index in [0.29, 0.717) is 5.92 Å². The summed E-state index contributed by atoms with van der Waals surface area (Å²) in [4.78, 5) is 11.8. The molecule has 0 aliphatic heterocycles. The first-order chi connectivity index (χ1) is 8.22. The highest BCUT2D eigenvalue weighted by Crippen LogP contribution is 2.47. The SMILES string of the molecule is CCC(C)=NNC(=O)C1CC1c1ccccc1. The van der Waals surface area contributed by atoms with Crippen LogP contribution in [-0.4, -0.2) is 11.6 Å². The number of benzene rings is 1. The summed E-state index contributed by atoms with van der Waals surface area (Å²) in [5.74, 6) is 0.533. The fraction of sp³-hybridized carbons (Fsp3) is 0.429. The number of rotatable bonds is 4. The average molecular weight is 230 g/mol. The molecule has 3 heteroatoms. The van der Waals surface area contributed by atoms with Crippen molar-refractivity contribution in [3.63, 3.8) is 0 Å². The monoisotopic (exact) mass is 230 g/mol. The van der Waals surface area contributed by atoms with Gasteiger partial charge in [0, 0.05) is 11.6 Å². The zero-order valence-electron chi connectivity index (χ0n) is 10.3. The minimum Gasteiger partial charge on any atom is -0.273 e. The summed E-state index contributed by atoms with van der Waals surface area (Å²) in [5.41, 5.74) is 4.85. The van der Waals surface area contributed by atoms with Crippen molar-refractivity contribution in [1.82, 2.24) is 5.43 Å². The third-order valence-corrected chi connectivity index (χ3v) is 3.22. The van der Waals surface area contributed by atoms with Crippen molar-refractivity contribution in [2.75, 3.05) is 0 Å². The Kier molecular flexibility index (Phi) is 3.57. The smallest absolute Gasteiger partial charge is 0.243 e. The van der Waals surface area contributed by atoms with Crippen molar-refractivity contribution in [1.29, 1.82) is 0 Å². The molecule has 2 atom stereocenters. The second-order valence-corrected chi connectivity index (χ2v) is 4.54. The van der Waals surface area contributed by atoms with Gasteiger partial charge in [-0.05, 0) is 31.2 Å². The van der Waals surface area contributed by atoms with E-state index >= 15 is 0 Å². The molecule has 17 heavy (non-hydrogen) atoms. The van der Waals surface area contributed by atoms with Crippen molar-refractivity contribution >= 4 is 11.6 Å². The quantitative estimate of drug-likeness (QED) is 0.627. The number of nitrogens with zero attached hydrogens (tertiary/aromatic N) is 1. The van der Waals surface area contributed by atoms with Crippen LogP contribution in [-0.2, 0) is 4.79 Å². The third-order valence-electron chi connectivity index (χ3n) is 3.22. The van der Waals surface area contributed by atoms with Gasteiger partial charge in [-0.2, -0.15) is 5.10 Å². The summed E-state index contributed by atoms with van der Waals surface area (Å²) >= 11 is 0. The molecule has 1 aliphatic carbocycles. The molecule has 3 nitrogen and oxygen atoms in total. The van der Waals surface area contributed by atoms with E-state index in [9.17, 15) is 4.79 Å². The first-order valence-corrected chi connectivity index (χ1v) is 6.10. The third kappa shape index (κ3) is 2.93. The van der Waals surface area contributed by atoms with Crippen LogP contribution in [0.15, 0.2) is 35.4 Å². The van der Waals surface area contributed by atoms with Crippen molar-refractivity contribution in [3.05, 3.63) is 35.9 Å². The molecule has 1 amide bonds. The minimum atomic E-state index is 0.0478. The highest BCUT2D eigenvalue weighted by molar-refractivity contribution is 5.86. The lowest BCUT2D eigenvalue weighted by Gasteiger charge is -2.01. The molecule has 0 bridgehead atoms. The lowest BCUT2D eigenvalue weighted by molar-refractivity contribution is -0.122. The number of carbonyl (C=O) groups excluding carboxylic acids is 1. The van der Waals surface area contributed by atoms with Gasteiger partial charge in [-0.1, -0.05) is 37.3 Å². The topological polar surface area (TPSA) is 41.5 Å². The predicted molar refractivity (Wildman–Crippen MR) is 68.8 cm³/mol. The van der Waals surface area contributed by atoms with E-state index in [1.54, 1.807) is 0 Å². The fourth-order valence-electron chi connectivity index (χ4n) is 1.87. The lowest BCUT2D eigenvalue weighted by atomic mass is 10.1. The molecule has 0 heterocycles. The van der Waals surface area contributed by atoms with Crippen LogP contribution in [0.4, 0.5) is 0 Å². The lowest BCUT2D eigenvalue weighted by Crippen LogP contribution is -2.21. The van der Waals surface area contributed by atoms with Gasteiger partial charge in [0.05, 0.1) is 0 Å². The van der Waals surface area contributed by atoms with Crippen LogP contribution >= 0.6 is 0 Å². The van der Waals surface area contributed by atoms with Crippen LogP contribution in [0.25, 0.3) is 0 Å². The van der Waals surface area contributed by atoms with Gasteiger partial charge in [0.15, 0.2) is 0 Å². The van der Waals surface area contributed by atoms with Gasteiger partial charge in [-0.15, -0.1) is 0 Å². The molecule has 0 aromatic heterocycles. The molecule has 1 aromatic carbocycles. The van der Waals surface area contributed by atoms with E-state index < -0.39 is 0 Å². The Morgan fingerprint density at radius 1 is 1.41 bits per heavy atom. The summed E-state index contributed by atoms with van der Waals surface area (Å²) in [7, 11) is 0. The molecular weight excluding hydrogens is 212 g/mol. The Morgan fingerprint density at radius 2 is 2.12 bits per heavy atom. The number of nitrogens with one attached hydrogen (secondary N) is 1. The van der Waals surface area contributed by atoms with Crippen LogP contribution in [0.1, 0.15) is 38.2 Å². The maximum absolute atomic E-state index is 11.8. The van der Waals surface area contributed by atoms with Crippen molar-refractivity contribution in [3.8, 4) is 0 Å². The van der Waals surface area contributed by atoms with Gasteiger partial charge in [-0.3, -0.25) is 4.79 Å². The Balaban J connectivity index is 1.89. The van der Waals surface area contributed by atoms with Gasteiger partial charge < -0.3 is 0 Å². The standard InChI is InChI=1S/C14H18N2O/c1-3-10(2)15-16-14(17)13-9-12(13)11-7-5-4-6-8-11/h4-8,12-13H,3,9H2,1-2H3,(H,16,17). The highest BCUT2D eigenvalue weighted by atomic mass is 16.2. The number of carbonyl (C=O) groups is 1. The second-order valence-electron chi connectivity index (χ2n) is 4.54. The van der Waals surface area contributed by atoms with Crippen molar-refractivity contribution < 1.29 is 4.79 Å². The first kappa shape index (κ1) is 11.8. The number of hydrogen-bond acceptors (Lipinski definition) is 2. The molecule has 0 saturated heterocycles. The maximum Gasteiger partial charge on any atom is 0.243 e. The average Bonchev–Trinajstić information content (AvgIpc) is 3.17. The van der Waals surface area contributed by atoms with Crippen molar-refractivity contribution in [2.45, 2.75) is 32.6 Å². The van der Waals surface area contributed by atoms with E-state index in [0.717, 1.165) is 18.6 Å². The number of amides is 1. The van der Waals surface area contributed by atoms with Gasteiger partial charge in [0.1, 0.15) is 0 Å². The van der Waals surface area contributed by atoms with Gasteiger partial charge in [-0.25, -0.2) is 5.43 Å². The summed E-state index contributed by atoms with van der Waals surface area (Å²) in [6, 6.07) is 10.2. The van der Waals surface area contributed by atoms with Gasteiger partial charge in [0.2, 0.25) is 5.91 Å². The molecule has 1 aliphatic rings. The first-order valence-electron chi connectivity index (χ1n) is 6.10. The summed E-state index contributed by atoms with van der Waals surface area (Å²) in [5, 5.41) is 4.05. The Hall–Kier alpha value is -1.64. The minimum absolute atomic E-state index is 0.0478. The molecule has 0 radical (unpaired) electrons. The second kappa shape index (κ2) is 5.13. The number of hydrogen-bond donors (Lipinski definition) is 1. The van der Waals surface area contributed by atoms with Crippen LogP contribution in [0.3, 0.4) is 0 Å². The zero-order valence-corrected chi connectivity index (χ0v) is 10.3. The molecule has 1 aromatic rings. The normalized spacial score (nSPS) is 23.3. The van der Waals surface area contributed by atoms with E-state index in [-0.39, 0.29) is 11.8 Å². The van der Waals surface area contributed by atoms with E-state index in [1.807, 2.05) is 32.0 Å². The molecule has 2 unspecified atom stereocenters. The molecule has 2 rings (SSSR count). The molecule has 90 valence electrons. The van der Waals surface area contributed by atoms with Crippen LogP contribution in [0.5, 0.6) is 0 Å². The van der Waals surface area contributed by atoms with E-state index in [1.165, 1.54) is 5.56 Å². The molecule has 1 fully saturated rings. The fourth-order valence-corrected chi connectivity index (χ4v) is 1.87. The highest BCUT2D eigenvalue weighted by Gasteiger charge is 2.43. The summed E-state index contributed by atoms with van der Waals surface area (Å²) < 4.78 is 0.